The number of hydrogen-bond donors (Lipinski definition) is 3. The molecule has 31 heavy (non-hydrogen) atoms. The first kappa shape index (κ1) is 20.2. The number of benzene rings is 2. The van der Waals surface area contributed by atoms with E-state index in [-0.39, 0.29) is 17.9 Å². The third kappa shape index (κ3) is 4.00. The maximum atomic E-state index is 12.7. The van der Waals surface area contributed by atoms with E-state index in [2.05, 4.69) is 25.8 Å². The number of aryl methyl sites for hydroxylation is 1. The van der Waals surface area contributed by atoms with Crippen molar-refractivity contribution in [3.05, 3.63) is 47.5 Å². The molecule has 0 atom stereocenters. The van der Waals surface area contributed by atoms with E-state index in [0.29, 0.717) is 41.5 Å². The summed E-state index contributed by atoms with van der Waals surface area (Å²) in [6, 6.07) is 10.3. The van der Waals surface area contributed by atoms with Crippen LogP contribution in [0.2, 0.25) is 0 Å². The number of carbonyl (C=O) groups is 2. The third-order valence-corrected chi connectivity index (χ3v) is 4.98. The molecule has 0 unspecified atom stereocenters. The Bertz CT molecular complexity index is 1140. The van der Waals surface area contributed by atoms with Crippen molar-refractivity contribution >= 4 is 23.6 Å². The molecule has 0 bridgehead atoms. The average Bonchev–Trinajstić information content (AvgIpc) is 3.42. The lowest BCUT2D eigenvalue weighted by molar-refractivity contribution is 0.102. The van der Waals surface area contributed by atoms with Crippen LogP contribution in [0.4, 0.5) is 16.4 Å². The minimum absolute atomic E-state index is 0.137. The number of aromatic nitrogens is 3. The molecule has 0 aliphatic carbocycles. The Labute approximate surface area is 178 Å². The van der Waals surface area contributed by atoms with Gasteiger partial charge in [-0.05, 0) is 42.8 Å². The van der Waals surface area contributed by atoms with E-state index in [1.54, 1.807) is 55.5 Å². The number of anilines is 2. The van der Waals surface area contributed by atoms with Crippen LogP contribution in [0.1, 0.15) is 15.9 Å². The minimum Gasteiger partial charge on any atom is -0.497 e. The molecular formula is C21H22N6O4. The zero-order chi connectivity index (χ0) is 22.0. The molecule has 2 heterocycles. The van der Waals surface area contributed by atoms with Crippen molar-refractivity contribution in [2.75, 3.05) is 37.5 Å². The smallest absolute Gasteiger partial charge is 0.322 e. The highest BCUT2D eigenvalue weighted by Crippen LogP contribution is 2.31. The van der Waals surface area contributed by atoms with Gasteiger partial charge in [0.1, 0.15) is 11.5 Å². The molecule has 4 rings (SSSR count). The van der Waals surface area contributed by atoms with Crippen LogP contribution in [0, 0.1) is 6.92 Å². The van der Waals surface area contributed by atoms with Crippen LogP contribution in [0.5, 0.6) is 11.5 Å². The summed E-state index contributed by atoms with van der Waals surface area (Å²) in [5.41, 5.74) is 2.72. The summed E-state index contributed by atoms with van der Waals surface area (Å²) in [5, 5.41) is 12.3. The zero-order valence-electron chi connectivity index (χ0n) is 17.4. The van der Waals surface area contributed by atoms with Crippen molar-refractivity contribution in [3.8, 4) is 22.9 Å². The second-order valence-electron chi connectivity index (χ2n) is 6.91. The fraction of sp³-hybridized carbons (Fsp3) is 0.238. The largest absolute Gasteiger partial charge is 0.497 e. The number of nitrogens with one attached hydrogen (secondary N) is 3. The SMILES string of the molecule is COc1ccc(-c2nc(NC(=O)c3ccc(N4CCNC4=O)c(C)c3)n[nH]2)c(OC)c1. The predicted molar refractivity (Wildman–Crippen MR) is 115 cm³/mol. The van der Waals surface area contributed by atoms with Crippen LogP contribution < -0.4 is 25.0 Å². The van der Waals surface area contributed by atoms with Crippen LogP contribution in [0.15, 0.2) is 36.4 Å². The Kier molecular flexibility index (Phi) is 5.44. The highest BCUT2D eigenvalue weighted by atomic mass is 16.5. The van der Waals surface area contributed by atoms with Gasteiger partial charge in [0, 0.05) is 30.4 Å². The molecule has 3 aromatic rings. The molecule has 3 amide bonds. The van der Waals surface area contributed by atoms with E-state index < -0.39 is 0 Å². The summed E-state index contributed by atoms with van der Waals surface area (Å²) in [7, 11) is 3.12. The van der Waals surface area contributed by atoms with Crippen molar-refractivity contribution < 1.29 is 19.1 Å². The summed E-state index contributed by atoms with van der Waals surface area (Å²) in [6.45, 7) is 3.06. The molecule has 0 spiro atoms. The highest BCUT2D eigenvalue weighted by molar-refractivity contribution is 6.04. The normalized spacial score (nSPS) is 13.1. The van der Waals surface area contributed by atoms with Gasteiger partial charge in [-0.1, -0.05) is 0 Å². The van der Waals surface area contributed by atoms with Gasteiger partial charge in [-0.15, -0.1) is 5.10 Å². The molecule has 1 aliphatic heterocycles. The first-order valence-corrected chi connectivity index (χ1v) is 9.62. The number of nitrogens with zero attached hydrogens (tertiary/aromatic N) is 3. The Morgan fingerprint density at radius 1 is 1.16 bits per heavy atom. The van der Waals surface area contributed by atoms with Gasteiger partial charge in [0.05, 0.1) is 19.8 Å². The standard InChI is InChI=1S/C21H22N6O4/c1-12-10-13(4-7-16(12)27-9-8-22-21(27)29)19(28)24-20-23-18(25-26-20)15-6-5-14(30-2)11-17(15)31-3/h4-7,10-11H,8-9H2,1-3H3,(H,22,29)(H2,23,24,25,26,28). The molecule has 1 fully saturated rings. The second-order valence-corrected chi connectivity index (χ2v) is 6.91. The first-order valence-electron chi connectivity index (χ1n) is 9.62. The number of methoxy groups -OCH3 is 2. The van der Waals surface area contributed by atoms with Crippen LogP contribution in [-0.4, -0.2) is 54.4 Å². The number of amides is 3. The monoisotopic (exact) mass is 422 g/mol. The lowest BCUT2D eigenvalue weighted by Crippen LogP contribution is -2.28. The van der Waals surface area contributed by atoms with Crippen molar-refractivity contribution in [2.24, 2.45) is 0 Å². The average molecular weight is 422 g/mol. The quantitative estimate of drug-likeness (QED) is 0.561. The number of urea groups is 1. The fourth-order valence-corrected chi connectivity index (χ4v) is 3.41. The lowest BCUT2D eigenvalue weighted by Gasteiger charge is -2.17. The Morgan fingerprint density at radius 2 is 2.00 bits per heavy atom. The molecule has 10 nitrogen and oxygen atoms in total. The van der Waals surface area contributed by atoms with Crippen molar-refractivity contribution in [2.45, 2.75) is 6.92 Å². The van der Waals surface area contributed by atoms with Gasteiger partial charge in [-0.2, -0.15) is 4.98 Å². The topological polar surface area (TPSA) is 121 Å². The molecule has 1 saturated heterocycles. The molecule has 10 heteroatoms. The molecule has 1 aromatic heterocycles. The number of rotatable bonds is 6. The maximum Gasteiger partial charge on any atom is 0.322 e. The molecule has 1 aliphatic rings. The number of aromatic amines is 1. The Balaban J connectivity index is 1.51. The van der Waals surface area contributed by atoms with Crippen LogP contribution >= 0.6 is 0 Å². The number of ether oxygens (including phenoxy) is 2. The van der Waals surface area contributed by atoms with Crippen LogP contribution in [0.3, 0.4) is 0 Å². The summed E-state index contributed by atoms with van der Waals surface area (Å²) in [5.74, 6) is 1.44. The molecule has 0 radical (unpaired) electrons. The van der Waals surface area contributed by atoms with E-state index >= 15 is 0 Å². The van der Waals surface area contributed by atoms with Crippen LogP contribution in [-0.2, 0) is 0 Å². The van der Waals surface area contributed by atoms with Gasteiger partial charge >= 0.3 is 6.03 Å². The second kappa shape index (κ2) is 8.34. The third-order valence-electron chi connectivity index (χ3n) is 4.98. The van der Waals surface area contributed by atoms with Gasteiger partial charge < -0.3 is 14.8 Å². The number of H-pyrrole nitrogens is 1. The van der Waals surface area contributed by atoms with Crippen molar-refractivity contribution in [3.63, 3.8) is 0 Å². The zero-order valence-corrected chi connectivity index (χ0v) is 17.4. The maximum absolute atomic E-state index is 12.7. The van der Waals surface area contributed by atoms with Gasteiger partial charge in [-0.3, -0.25) is 20.1 Å². The number of hydrogen-bond acceptors (Lipinski definition) is 6. The molecule has 3 N–H and O–H groups in total. The number of carbonyl (C=O) groups excluding carboxylic acids is 2. The summed E-state index contributed by atoms with van der Waals surface area (Å²) >= 11 is 0. The minimum atomic E-state index is -0.354. The summed E-state index contributed by atoms with van der Waals surface area (Å²) in [4.78, 5) is 30.6. The first-order chi connectivity index (χ1) is 15.0. The van der Waals surface area contributed by atoms with E-state index in [1.165, 1.54) is 0 Å². The predicted octanol–water partition coefficient (Wildman–Crippen LogP) is 2.58. The Hall–Kier alpha value is -4.08. The van der Waals surface area contributed by atoms with Gasteiger partial charge in [0.25, 0.3) is 5.91 Å². The summed E-state index contributed by atoms with van der Waals surface area (Å²) in [6.07, 6.45) is 0. The molecule has 0 saturated carbocycles. The fourth-order valence-electron chi connectivity index (χ4n) is 3.41. The lowest BCUT2D eigenvalue weighted by atomic mass is 10.1. The highest BCUT2D eigenvalue weighted by Gasteiger charge is 2.23. The van der Waals surface area contributed by atoms with Crippen molar-refractivity contribution in [1.29, 1.82) is 0 Å². The van der Waals surface area contributed by atoms with Gasteiger partial charge in [0.2, 0.25) is 5.95 Å². The van der Waals surface area contributed by atoms with Crippen molar-refractivity contribution in [1.82, 2.24) is 20.5 Å². The van der Waals surface area contributed by atoms with E-state index in [4.69, 9.17) is 9.47 Å². The van der Waals surface area contributed by atoms with E-state index in [9.17, 15) is 9.59 Å². The Morgan fingerprint density at radius 3 is 2.68 bits per heavy atom. The molecule has 2 aromatic carbocycles. The van der Waals surface area contributed by atoms with Gasteiger partial charge in [0.15, 0.2) is 5.82 Å². The summed E-state index contributed by atoms with van der Waals surface area (Å²) < 4.78 is 10.6. The van der Waals surface area contributed by atoms with Gasteiger partial charge in [-0.25, -0.2) is 4.79 Å². The van der Waals surface area contributed by atoms with E-state index in [1.807, 2.05) is 6.92 Å². The van der Waals surface area contributed by atoms with E-state index in [0.717, 1.165) is 11.3 Å². The molecule has 160 valence electrons. The van der Waals surface area contributed by atoms with Crippen LogP contribution in [0.25, 0.3) is 11.4 Å². The molecular weight excluding hydrogens is 400 g/mol.